The lowest BCUT2D eigenvalue weighted by Crippen LogP contribution is -2.03. The third-order valence-electron chi connectivity index (χ3n) is 2.89. The number of pyridine rings is 1. The van der Waals surface area contributed by atoms with Crippen LogP contribution >= 0.6 is 0 Å². The highest BCUT2D eigenvalue weighted by atomic mass is 16.4. The van der Waals surface area contributed by atoms with E-state index in [1.54, 1.807) is 42.1 Å². The quantitative estimate of drug-likeness (QED) is 0.754. The topological polar surface area (TPSA) is 80.9 Å². The summed E-state index contributed by atoms with van der Waals surface area (Å²) >= 11 is 0. The smallest absolute Gasteiger partial charge is 0.335 e. The van der Waals surface area contributed by atoms with Crippen molar-refractivity contribution in [1.82, 2.24) is 20.0 Å². The van der Waals surface area contributed by atoms with Crippen molar-refractivity contribution in [2.75, 3.05) is 0 Å². The second-order valence-electron chi connectivity index (χ2n) is 4.15. The summed E-state index contributed by atoms with van der Waals surface area (Å²) in [6.45, 7) is 1.75. The lowest BCUT2D eigenvalue weighted by molar-refractivity contribution is 0.0696. The molecule has 0 bridgehead atoms. The maximum Gasteiger partial charge on any atom is 0.335 e. The molecule has 0 spiro atoms. The van der Waals surface area contributed by atoms with E-state index in [2.05, 4.69) is 15.3 Å². The van der Waals surface area contributed by atoms with Gasteiger partial charge in [-0.15, -0.1) is 5.10 Å². The number of hydrogen-bond acceptors (Lipinski definition) is 4. The number of hydrogen-bond donors (Lipinski definition) is 1. The second-order valence-corrected chi connectivity index (χ2v) is 4.15. The molecule has 0 unspecified atom stereocenters. The summed E-state index contributed by atoms with van der Waals surface area (Å²) in [5.41, 5.74) is 3.03. The molecule has 0 amide bonds. The molecule has 6 heteroatoms. The van der Waals surface area contributed by atoms with Crippen LogP contribution in [0.25, 0.3) is 16.9 Å². The van der Waals surface area contributed by atoms with Crippen molar-refractivity contribution in [2.45, 2.75) is 6.92 Å². The fourth-order valence-electron chi connectivity index (χ4n) is 1.96. The van der Waals surface area contributed by atoms with Gasteiger partial charge in [0.2, 0.25) is 0 Å². The molecule has 0 fully saturated rings. The Morgan fingerprint density at radius 3 is 2.89 bits per heavy atom. The van der Waals surface area contributed by atoms with Crippen LogP contribution in [0.5, 0.6) is 0 Å². The zero-order chi connectivity index (χ0) is 13.4. The minimum atomic E-state index is -0.939. The van der Waals surface area contributed by atoms with Crippen LogP contribution in [0.15, 0.2) is 36.5 Å². The molecule has 0 aliphatic heterocycles. The van der Waals surface area contributed by atoms with Gasteiger partial charge < -0.3 is 5.11 Å². The van der Waals surface area contributed by atoms with Crippen LogP contribution in [0.4, 0.5) is 0 Å². The first-order valence-corrected chi connectivity index (χ1v) is 5.67. The molecule has 3 rings (SSSR count). The van der Waals surface area contributed by atoms with E-state index in [1.807, 2.05) is 6.07 Å². The Labute approximate surface area is 108 Å². The van der Waals surface area contributed by atoms with Crippen LogP contribution in [-0.2, 0) is 0 Å². The summed E-state index contributed by atoms with van der Waals surface area (Å²) in [5.74, 6) is -0.939. The minimum absolute atomic E-state index is 0.279. The molecule has 1 N–H and O–H groups in total. The number of nitrogens with zero attached hydrogens (tertiary/aromatic N) is 4. The molecular formula is C13H10N4O2. The van der Waals surface area contributed by atoms with Crippen molar-refractivity contribution in [3.05, 3.63) is 47.7 Å². The Morgan fingerprint density at radius 1 is 1.32 bits per heavy atom. The standard InChI is InChI=1S/C13H10N4O2/c1-8-7-9(4-5-10(8)13(18)19)17-12-11(15-16-17)3-2-6-14-12/h2-7H,1H3,(H,18,19). The zero-order valence-corrected chi connectivity index (χ0v) is 10.1. The van der Waals surface area contributed by atoms with E-state index in [1.165, 1.54) is 0 Å². The van der Waals surface area contributed by atoms with Crippen LogP contribution in [0.2, 0.25) is 0 Å². The Bertz CT molecular complexity index is 779. The number of fused-ring (bicyclic) bond motifs is 1. The summed E-state index contributed by atoms with van der Waals surface area (Å²) in [5, 5.41) is 17.1. The van der Waals surface area contributed by atoms with E-state index >= 15 is 0 Å². The van der Waals surface area contributed by atoms with Gasteiger partial charge in [0.1, 0.15) is 5.52 Å². The Balaban J connectivity index is 2.17. The van der Waals surface area contributed by atoms with Gasteiger partial charge in [-0.1, -0.05) is 5.21 Å². The number of carbonyl (C=O) groups is 1. The molecule has 0 aliphatic rings. The average Bonchev–Trinajstić information content (AvgIpc) is 2.82. The van der Waals surface area contributed by atoms with Crippen LogP contribution in [0.3, 0.4) is 0 Å². The SMILES string of the molecule is Cc1cc(-n2nnc3cccnc32)ccc1C(=O)O. The van der Waals surface area contributed by atoms with Gasteiger partial charge in [-0.2, -0.15) is 4.68 Å². The Hall–Kier alpha value is -2.76. The minimum Gasteiger partial charge on any atom is -0.478 e. The van der Waals surface area contributed by atoms with Crippen molar-refractivity contribution in [1.29, 1.82) is 0 Å². The van der Waals surface area contributed by atoms with Crippen molar-refractivity contribution >= 4 is 17.1 Å². The Morgan fingerprint density at radius 2 is 2.16 bits per heavy atom. The number of aryl methyl sites for hydroxylation is 1. The molecule has 2 aromatic heterocycles. The van der Waals surface area contributed by atoms with E-state index in [4.69, 9.17) is 5.11 Å². The van der Waals surface area contributed by atoms with E-state index in [-0.39, 0.29) is 5.56 Å². The molecule has 3 aromatic rings. The van der Waals surface area contributed by atoms with Gasteiger partial charge in [-0.25, -0.2) is 9.78 Å². The molecule has 19 heavy (non-hydrogen) atoms. The van der Waals surface area contributed by atoms with Gasteiger partial charge in [0.05, 0.1) is 11.3 Å². The van der Waals surface area contributed by atoms with Crippen LogP contribution in [-0.4, -0.2) is 31.1 Å². The van der Waals surface area contributed by atoms with Gasteiger partial charge in [-0.3, -0.25) is 0 Å². The highest BCUT2D eigenvalue weighted by molar-refractivity contribution is 5.89. The molecule has 94 valence electrons. The normalized spacial score (nSPS) is 10.8. The maximum absolute atomic E-state index is 11.0. The summed E-state index contributed by atoms with van der Waals surface area (Å²) in [6.07, 6.45) is 1.67. The van der Waals surface area contributed by atoms with E-state index in [0.717, 1.165) is 5.69 Å². The van der Waals surface area contributed by atoms with Crippen molar-refractivity contribution in [3.63, 3.8) is 0 Å². The third kappa shape index (κ3) is 1.83. The monoisotopic (exact) mass is 254 g/mol. The summed E-state index contributed by atoms with van der Waals surface area (Å²) in [4.78, 5) is 15.2. The van der Waals surface area contributed by atoms with Crippen molar-refractivity contribution in [3.8, 4) is 5.69 Å². The van der Waals surface area contributed by atoms with Gasteiger partial charge in [0.25, 0.3) is 0 Å². The molecule has 6 nitrogen and oxygen atoms in total. The average molecular weight is 254 g/mol. The van der Waals surface area contributed by atoms with Crippen LogP contribution < -0.4 is 0 Å². The summed E-state index contributed by atoms with van der Waals surface area (Å²) in [7, 11) is 0. The number of rotatable bonds is 2. The van der Waals surface area contributed by atoms with Gasteiger partial charge in [-0.05, 0) is 42.8 Å². The maximum atomic E-state index is 11.0. The van der Waals surface area contributed by atoms with Crippen molar-refractivity contribution < 1.29 is 9.90 Å². The van der Waals surface area contributed by atoms with E-state index in [9.17, 15) is 4.79 Å². The molecule has 2 heterocycles. The number of carboxylic acid groups (broad SMARTS) is 1. The largest absolute Gasteiger partial charge is 0.478 e. The molecule has 0 aliphatic carbocycles. The first-order chi connectivity index (χ1) is 9.16. The summed E-state index contributed by atoms with van der Waals surface area (Å²) in [6, 6.07) is 8.62. The van der Waals surface area contributed by atoms with Gasteiger partial charge in [0.15, 0.2) is 5.65 Å². The molecule has 0 saturated heterocycles. The first-order valence-electron chi connectivity index (χ1n) is 5.67. The first kappa shape index (κ1) is 11.3. The van der Waals surface area contributed by atoms with Crippen LogP contribution in [0, 0.1) is 6.92 Å². The molecule has 0 atom stereocenters. The van der Waals surface area contributed by atoms with Gasteiger partial charge in [0, 0.05) is 6.20 Å². The predicted octanol–water partition coefficient (Wildman–Crippen LogP) is 1.82. The molecule has 0 radical (unpaired) electrons. The number of carboxylic acids is 1. The highest BCUT2D eigenvalue weighted by Gasteiger charge is 2.11. The Kier molecular flexibility index (Phi) is 2.49. The number of benzene rings is 1. The fraction of sp³-hybridized carbons (Fsp3) is 0.0769. The van der Waals surface area contributed by atoms with Gasteiger partial charge >= 0.3 is 5.97 Å². The van der Waals surface area contributed by atoms with E-state index in [0.29, 0.717) is 16.7 Å². The third-order valence-corrected chi connectivity index (χ3v) is 2.89. The van der Waals surface area contributed by atoms with Crippen molar-refractivity contribution in [2.24, 2.45) is 0 Å². The lowest BCUT2D eigenvalue weighted by atomic mass is 10.1. The van der Waals surface area contributed by atoms with Crippen LogP contribution in [0.1, 0.15) is 15.9 Å². The zero-order valence-electron chi connectivity index (χ0n) is 10.1. The predicted molar refractivity (Wildman–Crippen MR) is 68.4 cm³/mol. The molecule has 1 aromatic carbocycles. The highest BCUT2D eigenvalue weighted by Crippen LogP contribution is 2.17. The number of aromatic nitrogens is 4. The lowest BCUT2D eigenvalue weighted by Gasteiger charge is -2.05. The molecular weight excluding hydrogens is 244 g/mol. The van der Waals surface area contributed by atoms with E-state index < -0.39 is 5.97 Å². The summed E-state index contributed by atoms with van der Waals surface area (Å²) < 4.78 is 1.59. The number of aromatic carboxylic acids is 1. The molecule has 0 saturated carbocycles. The second kappa shape index (κ2) is 4.16. The fourth-order valence-corrected chi connectivity index (χ4v) is 1.96.